The van der Waals surface area contributed by atoms with Crippen LogP contribution in [-0.2, 0) is 13.0 Å². The lowest BCUT2D eigenvalue weighted by molar-refractivity contribution is 0.542. The average Bonchev–Trinajstić information content (AvgIpc) is 2.72. The van der Waals surface area contributed by atoms with Crippen molar-refractivity contribution in [3.8, 4) is 0 Å². The van der Waals surface area contributed by atoms with Gasteiger partial charge in [0, 0.05) is 12.6 Å². The first kappa shape index (κ1) is 13.2. The van der Waals surface area contributed by atoms with Crippen LogP contribution in [0.5, 0.6) is 0 Å². The number of aryl methyl sites for hydroxylation is 1. The highest BCUT2D eigenvalue weighted by atomic mass is 32.1. The molecule has 0 spiro atoms. The zero-order chi connectivity index (χ0) is 13.0. The van der Waals surface area contributed by atoms with Crippen LogP contribution in [0.4, 0.5) is 4.39 Å². The van der Waals surface area contributed by atoms with Gasteiger partial charge in [-0.15, -0.1) is 0 Å². The lowest BCUT2D eigenvalue weighted by Gasteiger charge is -2.14. The Labute approximate surface area is 112 Å². The molecule has 1 N–H and O–H groups in total. The second-order valence-electron chi connectivity index (χ2n) is 4.70. The minimum atomic E-state index is -0.159. The third-order valence-electron chi connectivity index (χ3n) is 3.03. The summed E-state index contributed by atoms with van der Waals surface area (Å²) in [7, 11) is 0. The molecule has 0 fully saturated rings. The average molecular weight is 263 g/mol. The second kappa shape index (κ2) is 6.12. The Morgan fingerprint density at radius 1 is 1.33 bits per heavy atom. The molecule has 96 valence electrons. The highest BCUT2D eigenvalue weighted by molar-refractivity contribution is 7.08. The van der Waals surface area contributed by atoms with Gasteiger partial charge in [0.05, 0.1) is 0 Å². The van der Waals surface area contributed by atoms with Gasteiger partial charge in [0.2, 0.25) is 0 Å². The molecule has 0 saturated heterocycles. The van der Waals surface area contributed by atoms with Crippen molar-refractivity contribution < 1.29 is 4.39 Å². The maximum absolute atomic E-state index is 13.1. The molecule has 0 saturated carbocycles. The van der Waals surface area contributed by atoms with Crippen molar-refractivity contribution in [2.45, 2.75) is 32.9 Å². The van der Waals surface area contributed by atoms with Crippen molar-refractivity contribution in [3.63, 3.8) is 0 Å². The normalized spacial score (nSPS) is 12.6. The number of thiophene rings is 1. The monoisotopic (exact) mass is 263 g/mol. The molecule has 2 rings (SSSR count). The van der Waals surface area contributed by atoms with Gasteiger partial charge in [-0.2, -0.15) is 11.3 Å². The van der Waals surface area contributed by atoms with E-state index < -0.39 is 0 Å². The zero-order valence-electron chi connectivity index (χ0n) is 10.7. The third-order valence-corrected chi connectivity index (χ3v) is 3.94. The molecule has 1 heterocycles. The summed E-state index contributed by atoms with van der Waals surface area (Å²) in [5.74, 6) is -0.159. The number of hydrogen-bond acceptors (Lipinski definition) is 2. The van der Waals surface area contributed by atoms with Gasteiger partial charge in [-0.1, -0.05) is 12.1 Å². The standard InChI is InChI=1S/C15H18FNS/c1-11-9-18-10-14(11)8-17-12(2)6-13-4-3-5-15(16)7-13/h3-5,7,9-10,12,17H,6,8H2,1-2H3. The van der Waals surface area contributed by atoms with Gasteiger partial charge in [-0.3, -0.25) is 0 Å². The fraction of sp³-hybridized carbons (Fsp3) is 0.333. The van der Waals surface area contributed by atoms with E-state index in [-0.39, 0.29) is 5.82 Å². The predicted octanol–water partition coefficient (Wildman–Crippen LogP) is 3.92. The van der Waals surface area contributed by atoms with Gasteiger partial charge in [-0.05, 0) is 59.9 Å². The molecule has 0 radical (unpaired) electrons. The van der Waals surface area contributed by atoms with Crippen LogP contribution < -0.4 is 5.32 Å². The fourth-order valence-electron chi connectivity index (χ4n) is 1.94. The van der Waals surface area contributed by atoms with E-state index >= 15 is 0 Å². The summed E-state index contributed by atoms with van der Waals surface area (Å²) in [5.41, 5.74) is 3.73. The van der Waals surface area contributed by atoms with Gasteiger partial charge < -0.3 is 5.32 Å². The van der Waals surface area contributed by atoms with E-state index in [0.29, 0.717) is 6.04 Å². The highest BCUT2D eigenvalue weighted by Gasteiger charge is 2.05. The van der Waals surface area contributed by atoms with Crippen molar-refractivity contribution in [2.75, 3.05) is 0 Å². The summed E-state index contributed by atoms with van der Waals surface area (Å²) in [6.07, 6.45) is 0.848. The first-order valence-corrected chi connectivity index (χ1v) is 7.09. The fourth-order valence-corrected chi connectivity index (χ4v) is 2.80. The lowest BCUT2D eigenvalue weighted by atomic mass is 10.1. The van der Waals surface area contributed by atoms with Crippen LogP contribution in [0, 0.1) is 12.7 Å². The SMILES string of the molecule is Cc1cscc1CNC(C)Cc1cccc(F)c1. The summed E-state index contributed by atoms with van der Waals surface area (Å²) in [6, 6.07) is 7.16. The van der Waals surface area contributed by atoms with E-state index in [1.807, 2.05) is 6.07 Å². The maximum atomic E-state index is 13.1. The maximum Gasteiger partial charge on any atom is 0.123 e. The summed E-state index contributed by atoms with van der Waals surface area (Å²) in [5, 5.41) is 7.82. The molecule has 1 nitrogen and oxygen atoms in total. The molecule has 0 aliphatic heterocycles. The quantitative estimate of drug-likeness (QED) is 0.862. The minimum absolute atomic E-state index is 0.159. The predicted molar refractivity (Wildman–Crippen MR) is 75.5 cm³/mol. The minimum Gasteiger partial charge on any atom is -0.310 e. The number of rotatable bonds is 5. The zero-order valence-corrected chi connectivity index (χ0v) is 11.6. The van der Waals surface area contributed by atoms with E-state index in [4.69, 9.17) is 0 Å². The molecule has 1 atom stereocenters. The largest absolute Gasteiger partial charge is 0.310 e. The lowest BCUT2D eigenvalue weighted by Crippen LogP contribution is -2.27. The summed E-state index contributed by atoms with van der Waals surface area (Å²) in [4.78, 5) is 0. The Morgan fingerprint density at radius 3 is 2.83 bits per heavy atom. The molecule has 3 heteroatoms. The van der Waals surface area contributed by atoms with E-state index in [9.17, 15) is 4.39 Å². The molecule has 1 aromatic carbocycles. The number of hydrogen-bond donors (Lipinski definition) is 1. The van der Waals surface area contributed by atoms with Crippen LogP contribution in [0.25, 0.3) is 0 Å². The molecule has 0 bridgehead atoms. The van der Waals surface area contributed by atoms with Crippen LogP contribution >= 0.6 is 11.3 Å². The van der Waals surface area contributed by atoms with E-state index in [1.54, 1.807) is 23.5 Å². The molecule has 2 aromatic rings. The summed E-state index contributed by atoms with van der Waals surface area (Å²) < 4.78 is 13.1. The number of halogens is 1. The first-order chi connectivity index (χ1) is 8.65. The van der Waals surface area contributed by atoms with Gasteiger partial charge in [0.1, 0.15) is 5.82 Å². The topological polar surface area (TPSA) is 12.0 Å². The van der Waals surface area contributed by atoms with Gasteiger partial charge in [-0.25, -0.2) is 4.39 Å². The molecule has 1 unspecified atom stereocenters. The van der Waals surface area contributed by atoms with Crippen molar-refractivity contribution in [2.24, 2.45) is 0 Å². The van der Waals surface area contributed by atoms with E-state index in [1.165, 1.54) is 17.2 Å². The van der Waals surface area contributed by atoms with Crippen LogP contribution in [0.15, 0.2) is 35.0 Å². The molecule has 18 heavy (non-hydrogen) atoms. The van der Waals surface area contributed by atoms with Gasteiger partial charge >= 0.3 is 0 Å². The first-order valence-electron chi connectivity index (χ1n) is 6.14. The van der Waals surface area contributed by atoms with Crippen molar-refractivity contribution in [1.29, 1.82) is 0 Å². The third kappa shape index (κ3) is 3.65. The van der Waals surface area contributed by atoms with E-state index in [2.05, 4.69) is 29.9 Å². The Bertz CT molecular complexity index is 507. The van der Waals surface area contributed by atoms with Crippen molar-refractivity contribution in [3.05, 3.63) is 57.5 Å². The van der Waals surface area contributed by atoms with Crippen molar-refractivity contribution >= 4 is 11.3 Å². The molecule has 0 amide bonds. The molecular weight excluding hydrogens is 245 g/mol. The molecule has 1 aromatic heterocycles. The number of nitrogens with one attached hydrogen (secondary N) is 1. The van der Waals surface area contributed by atoms with Gasteiger partial charge in [0.25, 0.3) is 0 Å². The van der Waals surface area contributed by atoms with Crippen LogP contribution in [0.1, 0.15) is 23.6 Å². The second-order valence-corrected chi connectivity index (χ2v) is 5.44. The van der Waals surface area contributed by atoms with Crippen LogP contribution in [0.3, 0.4) is 0 Å². The molecule has 0 aliphatic rings. The smallest absolute Gasteiger partial charge is 0.123 e. The molecular formula is C15H18FNS. The Kier molecular flexibility index (Phi) is 4.50. The van der Waals surface area contributed by atoms with Gasteiger partial charge in [0.15, 0.2) is 0 Å². The Balaban J connectivity index is 1.86. The summed E-state index contributed by atoms with van der Waals surface area (Å²) >= 11 is 1.73. The Hall–Kier alpha value is -1.19. The number of benzene rings is 1. The van der Waals surface area contributed by atoms with Crippen molar-refractivity contribution in [1.82, 2.24) is 5.32 Å². The van der Waals surface area contributed by atoms with Crippen LogP contribution in [0.2, 0.25) is 0 Å². The van der Waals surface area contributed by atoms with Crippen LogP contribution in [-0.4, -0.2) is 6.04 Å². The van der Waals surface area contributed by atoms with E-state index in [0.717, 1.165) is 18.5 Å². The highest BCUT2D eigenvalue weighted by Crippen LogP contribution is 2.14. The molecule has 0 aliphatic carbocycles. The Morgan fingerprint density at radius 2 is 2.17 bits per heavy atom. The summed E-state index contributed by atoms with van der Waals surface area (Å²) in [6.45, 7) is 5.14.